The lowest BCUT2D eigenvalue weighted by Crippen LogP contribution is -2.44. The lowest BCUT2D eigenvalue weighted by molar-refractivity contribution is 0.153. The Balaban J connectivity index is 1.54. The highest BCUT2D eigenvalue weighted by atomic mass is 35.5. The van der Waals surface area contributed by atoms with Crippen molar-refractivity contribution >= 4 is 11.6 Å². The van der Waals surface area contributed by atoms with E-state index in [-0.39, 0.29) is 0 Å². The van der Waals surface area contributed by atoms with Crippen LogP contribution in [0.4, 0.5) is 0 Å². The van der Waals surface area contributed by atoms with Gasteiger partial charge in [0.05, 0.1) is 0 Å². The predicted octanol–water partition coefficient (Wildman–Crippen LogP) is 4.19. The minimum Gasteiger partial charge on any atom is -0.304 e. The monoisotopic (exact) mass is 328 g/mol. The molecule has 3 rings (SSSR count). The molecule has 0 saturated carbocycles. The number of benzene rings is 2. The van der Waals surface area contributed by atoms with Crippen molar-refractivity contribution < 1.29 is 0 Å². The largest absolute Gasteiger partial charge is 0.304 e. The van der Waals surface area contributed by atoms with Gasteiger partial charge in [0.1, 0.15) is 0 Å². The van der Waals surface area contributed by atoms with Crippen LogP contribution >= 0.6 is 11.6 Å². The summed E-state index contributed by atoms with van der Waals surface area (Å²) in [6.07, 6.45) is 2.38. The van der Waals surface area contributed by atoms with E-state index >= 15 is 0 Å². The van der Waals surface area contributed by atoms with E-state index in [2.05, 4.69) is 53.2 Å². The van der Waals surface area contributed by atoms with Crippen molar-refractivity contribution in [3.63, 3.8) is 0 Å². The van der Waals surface area contributed by atoms with Crippen molar-refractivity contribution in [1.29, 1.82) is 0 Å². The first-order chi connectivity index (χ1) is 11.2. The zero-order valence-electron chi connectivity index (χ0n) is 13.8. The van der Waals surface area contributed by atoms with Gasteiger partial charge in [-0.2, -0.15) is 0 Å². The van der Waals surface area contributed by atoms with Crippen molar-refractivity contribution in [2.24, 2.45) is 0 Å². The maximum absolute atomic E-state index is 5.97. The van der Waals surface area contributed by atoms with Crippen molar-refractivity contribution in [1.82, 2.24) is 9.80 Å². The number of rotatable bonds is 5. The summed E-state index contributed by atoms with van der Waals surface area (Å²) in [5, 5.41) is 0.789. The van der Waals surface area contributed by atoms with Crippen LogP contribution in [0.2, 0.25) is 5.02 Å². The van der Waals surface area contributed by atoms with Crippen LogP contribution in [0.1, 0.15) is 12.0 Å². The highest BCUT2D eigenvalue weighted by molar-refractivity contribution is 6.30. The summed E-state index contributed by atoms with van der Waals surface area (Å²) in [6.45, 7) is 6.03. The number of piperazine rings is 1. The van der Waals surface area contributed by atoms with Gasteiger partial charge in [0.2, 0.25) is 0 Å². The summed E-state index contributed by atoms with van der Waals surface area (Å²) in [6, 6.07) is 17.0. The molecule has 1 heterocycles. The zero-order chi connectivity index (χ0) is 16.1. The van der Waals surface area contributed by atoms with Crippen LogP contribution in [0, 0.1) is 0 Å². The highest BCUT2D eigenvalue weighted by Crippen LogP contribution is 2.23. The minimum absolute atomic E-state index is 0.789. The van der Waals surface area contributed by atoms with Crippen LogP contribution < -0.4 is 0 Å². The quantitative estimate of drug-likeness (QED) is 0.812. The van der Waals surface area contributed by atoms with Crippen molar-refractivity contribution in [2.45, 2.75) is 12.8 Å². The second-order valence-corrected chi connectivity index (χ2v) is 6.89. The molecule has 0 bridgehead atoms. The third-order valence-corrected chi connectivity index (χ3v) is 4.89. The maximum Gasteiger partial charge on any atom is 0.0406 e. The lowest BCUT2D eigenvalue weighted by atomic mass is 10.0. The predicted molar refractivity (Wildman–Crippen MR) is 99.1 cm³/mol. The van der Waals surface area contributed by atoms with Crippen molar-refractivity contribution in [3.8, 4) is 11.1 Å². The molecule has 0 atom stereocenters. The van der Waals surface area contributed by atoms with E-state index in [1.165, 1.54) is 55.8 Å². The number of aryl methyl sites for hydroxylation is 1. The molecule has 122 valence electrons. The Hall–Kier alpha value is -1.35. The molecule has 1 fully saturated rings. The smallest absolute Gasteiger partial charge is 0.0406 e. The lowest BCUT2D eigenvalue weighted by Gasteiger charge is -2.32. The first-order valence-corrected chi connectivity index (χ1v) is 8.84. The number of halogens is 1. The van der Waals surface area contributed by atoms with Gasteiger partial charge in [0, 0.05) is 31.2 Å². The molecule has 2 aromatic rings. The Kier molecular flexibility index (Phi) is 5.71. The molecule has 0 radical (unpaired) electrons. The van der Waals surface area contributed by atoms with Gasteiger partial charge in [-0.3, -0.25) is 0 Å². The fraction of sp³-hybridized carbons (Fsp3) is 0.400. The number of hydrogen-bond acceptors (Lipinski definition) is 2. The van der Waals surface area contributed by atoms with Gasteiger partial charge in [-0.1, -0.05) is 48.0 Å². The molecule has 3 heteroatoms. The van der Waals surface area contributed by atoms with E-state index in [1.54, 1.807) is 0 Å². The van der Waals surface area contributed by atoms with Crippen LogP contribution in [0.3, 0.4) is 0 Å². The molecule has 0 amide bonds. The zero-order valence-corrected chi connectivity index (χ0v) is 14.6. The van der Waals surface area contributed by atoms with Gasteiger partial charge in [-0.05, 0) is 55.3 Å². The highest BCUT2D eigenvalue weighted by Gasteiger charge is 2.12. The molecule has 1 saturated heterocycles. The number of hydrogen-bond donors (Lipinski definition) is 0. The summed E-state index contributed by atoms with van der Waals surface area (Å²) < 4.78 is 0. The molecule has 0 aliphatic carbocycles. The van der Waals surface area contributed by atoms with Gasteiger partial charge >= 0.3 is 0 Å². The van der Waals surface area contributed by atoms with Gasteiger partial charge in [0.25, 0.3) is 0 Å². The standard InChI is InChI=1S/C20H25ClN2/c1-22-12-14-23(15-13-22)11-3-5-17-4-2-6-19(16-17)18-7-9-20(21)10-8-18/h2,4,6-10,16H,3,5,11-15H2,1H3. The number of likely N-dealkylation sites (N-methyl/N-ethyl adjacent to an activating group) is 1. The Morgan fingerprint density at radius 2 is 1.65 bits per heavy atom. The molecular formula is C20H25ClN2. The molecule has 0 unspecified atom stereocenters. The van der Waals surface area contributed by atoms with E-state index < -0.39 is 0 Å². The van der Waals surface area contributed by atoms with Gasteiger partial charge in [-0.25, -0.2) is 0 Å². The Bertz CT molecular complexity index is 616. The molecule has 0 aromatic heterocycles. The number of nitrogens with zero attached hydrogens (tertiary/aromatic N) is 2. The van der Waals surface area contributed by atoms with E-state index in [0.717, 1.165) is 11.4 Å². The molecule has 23 heavy (non-hydrogen) atoms. The third kappa shape index (κ3) is 4.81. The van der Waals surface area contributed by atoms with Gasteiger partial charge in [-0.15, -0.1) is 0 Å². The first kappa shape index (κ1) is 16.5. The third-order valence-electron chi connectivity index (χ3n) is 4.64. The Morgan fingerprint density at radius 1 is 0.913 bits per heavy atom. The average Bonchev–Trinajstić information content (AvgIpc) is 2.58. The normalized spacial score (nSPS) is 16.6. The minimum atomic E-state index is 0.789. The second kappa shape index (κ2) is 7.96. The summed E-state index contributed by atoms with van der Waals surface area (Å²) in [5.41, 5.74) is 3.93. The summed E-state index contributed by atoms with van der Waals surface area (Å²) in [5.74, 6) is 0. The molecule has 0 spiro atoms. The molecule has 0 N–H and O–H groups in total. The van der Waals surface area contributed by atoms with Crippen LogP contribution in [0.15, 0.2) is 48.5 Å². The fourth-order valence-corrected chi connectivity index (χ4v) is 3.25. The maximum atomic E-state index is 5.97. The van der Waals surface area contributed by atoms with Crippen molar-refractivity contribution in [2.75, 3.05) is 39.8 Å². The second-order valence-electron chi connectivity index (χ2n) is 6.46. The van der Waals surface area contributed by atoms with Gasteiger partial charge in [0.15, 0.2) is 0 Å². The Labute approximate surface area is 144 Å². The van der Waals surface area contributed by atoms with Crippen molar-refractivity contribution in [3.05, 3.63) is 59.1 Å². The van der Waals surface area contributed by atoms with Crippen LogP contribution in [-0.2, 0) is 6.42 Å². The van der Waals surface area contributed by atoms with Crippen LogP contribution in [-0.4, -0.2) is 49.6 Å². The topological polar surface area (TPSA) is 6.48 Å². The Morgan fingerprint density at radius 3 is 2.39 bits per heavy atom. The average molecular weight is 329 g/mol. The molecular weight excluding hydrogens is 304 g/mol. The summed E-state index contributed by atoms with van der Waals surface area (Å²) in [7, 11) is 2.21. The van der Waals surface area contributed by atoms with E-state index in [4.69, 9.17) is 11.6 Å². The summed E-state index contributed by atoms with van der Waals surface area (Å²) in [4.78, 5) is 5.00. The SMILES string of the molecule is CN1CCN(CCCc2cccc(-c3ccc(Cl)cc3)c2)CC1. The van der Waals surface area contributed by atoms with Crippen LogP contribution in [0.5, 0.6) is 0 Å². The first-order valence-electron chi connectivity index (χ1n) is 8.46. The molecule has 1 aliphatic heterocycles. The van der Waals surface area contributed by atoms with E-state index in [1.807, 2.05) is 12.1 Å². The van der Waals surface area contributed by atoms with Crippen LogP contribution in [0.25, 0.3) is 11.1 Å². The molecule has 2 nitrogen and oxygen atoms in total. The van der Waals surface area contributed by atoms with Gasteiger partial charge < -0.3 is 9.80 Å². The van der Waals surface area contributed by atoms with E-state index in [9.17, 15) is 0 Å². The fourth-order valence-electron chi connectivity index (χ4n) is 3.13. The molecule has 1 aliphatic rings. The van der Waals surface area contributed by atoms with E-state index in [0.29, 0.717) is 0 Å². The molecule has 2 aromatic carbocycles. The summed E-state index contributed by atoms with van der Waals surface area (Å²) >= 11 is 5.97.